The number of likely N-dealkylation sites (tertiary alicyclic amines) is 1. The Morgan fingerprint density at radius 2 is 1.86 bits per heavy atom. The van der Waals surface area contributed by atoms with E-state index >= 15 is 0 Å². The van der Waals surface area contributed by atoms with Crippen molar-refractivity contribution in [1.82, 2.24) is 4.90 Å². The first-order chi connectivity index (χ1) is 10.2. The highest BCUT2D eigenvalue weighted by Gasteiger charge is 2.24. The molecule has 0 unspecified atom stereocenters. The summed E-state index contributed by atoms with van der Waals surface area (Å²) in [7, 11) is 0. The molecule has 4 heteroatoms. The molecule has 0 amide bonds. The third-order valence-electron chi connectivity index (χ3n) is 4.89. The molecular formula is C17H24FNO2. The number of halogens is 1. The zero-order valence-electron chi connectivity index (χ0n) is 12.4. The Labute approximate surface area is 125 Å². The minimum atomic E-state index is -0.532. The fraction of sp³-hybridized carbons (Fsp3) is 0.647. The van der Waals surface area contributed by atoms with Crippen molar-refractivity contribution in [2.45, 2.75) is 31.6 Å². The third kappa shape index (κ3) is 3.74. The lowest BCUT2D eigenvalue weighted by Gasteiger charge is -2.35. The number of rotatable bonds is 3. The largest absolute Gasteiger partial charge is 0.505 e. The third-order valence-corrected chi connectivity index (χ3v) is 4.89. The van der Waals surface area contributed by atoms with Gasteiger partial charge in [-0.15, -0.1) is 0 Å². The molecular weight excluding hydrogens is 269 g/mol. The van der Waals surface area contributed by atoms with Crippen LogP contribution in [0.3, 0.4) is 0 Å². The van der Waals surface area contributed by atoms with Gasteiger partial charge in [-0.05, 0) is 68.3 Å². The van der Waals surface area contributed by atoms with E-state index in [2.05, 4.69) is 4.90 Å². The number of benzene rings is 1. The molecule has 0 bridgehead atoms. The molecule has 2 fully saturated rings. The first-order valence-electron chi connectivity index (χ1n) is 8.01. The number of piperidine rings is 1. The van der Waals surface area contributed by atoms with Crippen molar-refractivity contribution in [3.8, 4) is 5.75 Å². The van der Waals surface area contributed by atoms with E-state index in [1.165, 1.54) is 25.5 Å². The summed E-state index contributed by atoms with van der Waals surface area (Å²) in [5.41, 5.74) is 1.07. The summed E-state index contributed by atoms with van der Waals surface area (Å²) in [5.74, 6) is 0.473. The van der Waals surface area contributed by atoms with E-state index in [9.17, 15) is 9.50 Å². The lowest BCUT2D eigenvalue weighted by atomic mass is 9.88. The fourth-order valence-electron chi connectivity index (χ4n) is 3.53. The van der Waals surface area contributed by atoms with Crippen LogP contribution in [0.4, 0.5) is 4.39 Å². The molecule has 2 saturated heterocycles. The molecule has 2 aliphatic heterocycles. The second kappa shape index (κ2) is 6.75. The van der Waals surface area contributed by atoms with Crippen LogP contribution >= 0.6 is 0 Å². The minimum Gasteiger partial charge on any atom is -0.505 e. The summed E-state index contributed by atoms with van der Waals surface area (Å²) in [6.07, 6.45) is 4.56. The van der Waals surface area contributed by atoms with Crippen LogP contribution in [0.15, 0.2) is 18.2 Å². The first kappa shape index (κ1) is 14.8. The molecule has 2 heterocycles. The van der Waals surface area contributed by atoms with E-state index < -0.39 is 5.82 Å². The minimum absolute atomic E-state index is 0.225. The molecule has 0 atom stereocenters. The number of phenolic OH excluding ortho intramolecular Hbond substituents is 1. The zero-order valence-corrected chi connectivity index (χ0v) is 12.4. The van der Waals surface area contributed by atoms with Gasteiger partial charge in [-0.3, -0.25) is 0 Å². The summed E-state index contributed by atoms with van der Waals surface area (Å²) in [6, 6.07) is 4.78. The Bertz CT molecular complexity index is 466. The standard InChI is InChI=1S/C17H24FNO2/c18-16-2-1-15(11-17(16)20)14-3-7-19(8-4-14)12-13-5-9-21-10-6-13/h1-2,11,13-14,20H,3-10,12H2. The van der Waals surface area contributed by atoms with Crippen molar-refractivity contribution in [3.05, 3.63) is 29.6 Å². The maximum absolute atomic E-state index is 13.1. The Morgan fingerprint density at radius 1 is 1.14 bits per heavy atom. The van der Waals surface area contributed by atoms with Gasteiger partial charge in [0.25, 0.3) is 0 Å². The van der Waals surface area contributed by atoms with Crippen molar-refractivity contribution < 1.29 is 14.2 Å². The Kier molecular flexibility index (Phi) is 4.76. The lowest BCUT2D eigenvalue weighted by molar-refractivity contribution is 0.0488. The van der Waals surface area contributed by atoms with Crippen LogP contribution in [0.1, 0.15) is 37.2 Å². The highest BCUT2D eigenvalue weighted by molar-refractivity contribution is 5.31. The van der Waals surface area contributed by atoms with Crippen LogP contribution in [0.2, 0.25) is 0 Å². The summed E-state index contributed by atoms with van der Waals surface area (Å²) < 4.78 is 18.5. The average molecular weight is 293 g/mol. The van der Waals surface area contributed by atoms with Crippen molar-refractivity contribution in [1.29, 1.82) is 0 Å². The second-order valence-corrected chi connectivity index (χ2v) is 6.34. The maximum Gasteiger partial charge on any atom is 0.164 e. The molecule has 1 N–H and O–H groups in total. The number of nitrogens with zero attached hydrogens (tertiary/aromatic N) is 1. The van der Waals surface area contributed by atoms with Gasteiger partial charge >= 0.3 is 0 Å². The van der Waals surface area contributed by atoms with Gasteiger partial charge in [0, 0.05) is 19.8 Å². The SMILES string of the molecule is Oc1cc(C2CCN(CC3CCOCC3)CC2)ccc1F. The number of ether oxygens (including phenoxy) is 1. The van der Waals surface area contributed by atoms with Crippen LogP contribution < -0.4 is 0 Å². The van der Waals surface area contributed by atoms with E-state index in [0.717, 1.165) is 50.6 Å². The van der Waals surface area contributed by atoms with E-state index in [1.54, 1.807) is 6.07 Å². The van der Waals surface area contributed by atoms with Crippen molar-refractivity contribution in [2.24, 2.45) is 5.92 Å². The van der Waals surface area contributed by atoms with E-state index in [1.807, 2.05) is 6.07 Å². The Balaban J connectivity index is 1.51. The van der Waals surface area contributed by atoms with Crippen LogP contribution in [-0.2, 0) is 4.74 Å². The molecule has 3 nitrogen and oxygen atoms in total. The van der Waals surface area contributed by atoms with Gasteiger partial charge in [0.1, 0.15) is 0 Å². The first-order valence-corrected chi connectivity index (χ1v) is 8.01. The van der Waals surface area contributed by atoms with E-state index in [0.29, 0.717) is 5.92 Å². The molecule has 0 saturated carbocycles. The quantitative estimate of drug-likeness (QED) is 0.929. The number of phenols is 1. The van der Waals surface area contributed by atoms with Crippen LogP contribution in [0.25, 0.3) is 0 Å². The van der Waals surface area contributed by atoms with Gasteiger partial charge in [0.2, 0.25) is 0 Å². The van der Waals surface area contributed by atoms with Gasteiger partial charge < -0.3 is 14.7 Å². The molecule has 2 aliphatic rings. The summed E-state index contributed by atoms with van der Waals surface area (Å²) in [4.78, 5) is 2.55. The summed E-state index contributed by atoms with van der Waals surface area (Å²) >= 11 is 0. The Hall–Kier alpha value is -1.13. The number of aromatic hydroxyl groups is 1. The summed E-state index contributed by atoms with van der Waals surface area (Å²) in [6.45, 7) is 5.21. The second-order valence-electron chi connectivity index (χ2n) is 6.34. The molecule has 116 valence electrons. The normalized spacial score (nSPS) is 22.5. The highest BCUT2D eigenvalue weighted by atomic mass is 19.1. The molecule has 0 spiro atoms. The van der Waals surface area contributed by atoms with Gasteiger partial charge in [0.05, 0.1) is 0 Å². The van der Waals surface area contributed by atoms with Gasteiger partial charge in [0.15, 0.2) is 11.6 Å². The highest BCUT2D eigenvalue weighted by Crippen LogP contribution is 2.31. The molecule has 1 aromatic rings. The topological polar surface area (TPSA) is 32.7 Å². The molecule has 0 aliphatic carbocycles. The number of hydrogen-bond donors (Lipinski definition) is 1. The van der Waals surface area contributed by atoms with Crippen molar-refractivity contribution >= 4 is 0 Å². The monoisotopic (exact) mass is 293 g/mol. The van der Waals surface area contributed by atoms with Gasteiger partial charge in [-0.1, -0.05) is 6.07 Å². The van der Waals surface area contributed by atoms with Crippen molar-refractivity contribution in [2.75, 3.05) is 32.8 Å². The van der Waals surface area contributed by atoms with Crippen LogP contribution in [0.5, 0.6) is 5.75 Å². The molecule has 0 aromatic heterocycles. The van der Waals surface area contributed by atoms with Gasteiger partial charge in [-0.25, -0.2) is 4.39 Å². The number of hydrogen-bond acceptors (Lipinski definition) is 3. The fourth-order valence-corrected chi connectivity index (χ4v) is 3.53. The predicted molar refractivity (Wildman–Crippen MR) is 80.0 cm³/mol. The van der Waals surface area contributed by atoms with Gasteiger partial charge in [-0.2, -0.15) is 0 Å². The predicted octanol–water partition coefficient (Wildman–Crippen LogP) is 3.14. The molecule has 0 radical (unpaired) electrons. The average Bonchev–Trinajstić information content (AvgIpc) is 2.52. The lowest BCUT2D eigenvalue weighted by Crippen LogP contribution is -2.38. The Morgan fingerprint density at radius 3 is 2.52 bits per heavy atom. The molecule has 21 heavy (non-hydrogen) atoms. The molecule has 3 rings (SSSR count). The van der Waals surface area contributed by atoms with Crippen molar-refractivity contribution in [3.63, 3.8) is 0 Å². The molecule has 1 aromatic carbocycles. The summed E-state index contributed by atoms with van der Waals surface area (Å²) in [5, 5.41) is 9.50. The van der Waals surface area contributed by atoms with Crippen LogP contribution in [-0.4, -0.2) is 42.9 Å². The maximum atomic E-state index is 13.1. The zero-order chi connectivity index (χ0) is 14.7. The van der Waals surface area contributed by atoms with Crippen LogP contribution in [0, 0.1) is 11.7 Å². The van der Waals surface area contributed by atoms with E-state index in [-0.39, 0.29) is 5.75 Å². The smallest absolute Gasteiger partial charge is 0.164 e. The van der Waals surface area contributed by atoms with E-state index in [4.69, 9.17) is 4.74 Å².